The lowest BCUT2D eigenvalue weighted by atomic mass is 10.1. The van der Waals surface area contributed by atoms with Gasteiger partial charge in [0.2, 0.25) is 0 Å². The Balaban J connectivity index is 1.56. The number of halogens is 3. The van der Waals surface area contributed by atoms with Crippen LogP contribution in [0.1, 0.15) is 36.1 Å². The zero-order chi connectivity index (χ0) is 19.4. The van der Waals surface area contributed by atoms with Gasteiger partial charge in [0.1, 0.15) is 5.75 Å². The van der Waals surface area contributed by atoms with Gasteiger partial charge in [0.05, 0.1) is 12.7 Å². The zero-order valence-corrected chi connectivity index (χ0v) is 15.6. The summed E-state index contributed by atoms with van der Waals surface area (Å²) in [5.74, 6) is 0.832. The molecule has 2 aromatic carbocycles. The van der Waals surface area contributed by atoms with Gasteiger partial charge in [0, 0.05) is 31.7 Å². The fourth-order valence-corrected chi connectivity index (χ4v) is 3.58. The summed E-state index contributed by atoms with van der Waals surface area (Å²) < 4.78 is 43.9. The van der Waals surface area contributed by atoms with Gasteiger partial charge < -0.3 is 10.1 Å². The number of alkyl halides is 3. The Bertz CT molecular complexity index is 763. The number of likely N-dealkylation sites (tertiary alicyclic amines) is 1. The van der Waals surface area contributed by atoms with Crippen LogP contribution in [-0.2, 0) is 12.7 Å². The molecule has 0 unspecified atom stereocenters. The average Bonchev–Trinajstić information content (AvgIpc) is 3.08. The smallest absolute Gasteiger partial charge is 0.416 e. The minimum absolute atomic E-state index is 0.179. The Hall–Kier alpha value is -2.05. The summed E-state index contributed by atoms with van der Waals surface area (Å²) in [6.45, 7) is 4.35. The quantitative estimate of drug-likeness (QED) is 0.793. The molecule has 2 aromatic rings. The molecule has 0 saturated carbocycles. The van der Waals surface area contributed by atoms with Gasteiger partial charge >= 0.3 is 6.18 Å². The van der Waals surface area contributed by atoms with Crippen LogP contribution < -0.4 is 10.1 Å². The molecule has 0 amide bonds. The van der Waals surface area contributed by atoms with Gasteiger partial charge in [0.25, 0.3) is 0 Å². The summed E-state index contributed by atoms with van der Waals surface area (Å²) in [6.07, 6.45) is -3.31. The number of nitrogens with one attached hydrogen (secondary N) is 1. The van der Waals surface area contributed by atoms with Gasteiger partial charge in [-0.3, -0.25) is 4.90 Å². The predicted molar refractivity (Wildman–Crippen MR) is 99.7 cm³/mol. The SMILES string of the molecule is COc1cccc([C@H](C)N[C@@H]2CCN(Cc3cccc(C(F)(F)F)c3)C2)c1. The third-order valence-corrected chi connectivity index (χ3v) is 5.01. The number of hydrogen-bond acceptors (Lipinski definition) is 3. The molecular weight excluding hydrogens is 353 g/mol. The van der Waals surface area contributed by atoms with Gasteiger partial charge in [-0.05, 0) is 42.7 Å². The van der Waals surface area contributed by atoms with E-state index < -0.39 is 11.7 Å². The molecule has 1 heterocycles. The molecule has 1 N–H and O–H groups in total. The highest BCUT2D eigenvalue weighted by molar-refractivity contribution is 5.30. The van der Waals surface area contributed by atoms with E-state index in [9.17, 15) is 13.2 Å². The highest BCUT2D eigenvalue weighted by Crippen LogP contribution is 2.30. The standard InChI is InChI=1S/C21H25F3N2O/c1-15(17-6-4-8-20(12-17)27-2)25-19-9-10-26(14-19)13-16-5-3-7-18(11-16)21(22,23)24/h3-8,11-12,15,19,25H,9-10,13-14H2,1-2H3/t15-,19+/m0/s1. The summed E-state index contributed by atoms with van der Waals surface area (Å²) in [6, 6.07) is 14.1. The van der Waals surface area contributed by atoms with Crippen molar-refractivity contribution in [1.82, 2.24) is 10.2 Å². The van der Waals surface area contributed by atoms with Crippen molar-refractivity contribution >= 4 is 0 Å². The molecule has 0 spiro atoms. The maximum Gasteiger partial charge on any atom is 0.416 e. The summed E-state index contributed by atoms with van der Waals surface area (Å²) in [7, 11) is 1.65. The first-order valence-electron chi connectivity index (χ1n) is 9.13. The van der Waals surface area contributed by atoms with Crippen molar-refractivity contribution in [3.8, 4) is 5.75 Å². The first kappa shape index (κ1) is 19.7. The molecule has 3 rings (SSSR count). The number of ether oxygens (including phenoxy) is 1. The molecule has 2 atom stereocenters. The number of benzene rings is 2. The van der Waals surface area contributed by atoms with E-state index in [0.717, 1.165) is 36.9 Å². The lowest BCUT2D eigenvalue weighted by molar-refractivity contribution is -0.137. The number of rotatable bonds is 6. The van der Waals surface area contributed by atoms with Gasteiger partial charge in [-0.25, -0.2) is 0 Å². The fraction of sp³-hybridized carbons (Fsp3) is 0.429. The topological polar surface area (TPSA) is 24.5 Å². The van der Waals surface area contributed by atoms with Crippen LogP contribution in [0.4, 0.5) is 13.2 Å². The molecule has 1 fully saturated rings. The molecule has 6 heteroatoms. The first-order valence-corrected chi connectivity index (χ1v) is 9.13. The second-order valence-electron chi connectivity index (χ2n) is 7.08. The van der Waals surface area contributed by atoms with Crippen molar-refractivity contribution in [2.45, 2.75) is 38.1 Å². The summed E-state index contributed by atoms with van der Waals surface area (Å²) in [4.78, 5) is 2.20. The minimum atomic E-state index is -4.29. The molecule has 0 bridgehead atoms. The summed E-state index contributed by atoms with van der Waals surface area (Å²) in [5, 5.41) is 3.62. The van der Waals surface area contributed by atoms with Crippen LogP contribution >= 0.6 is 0 Å². The normalized spacial score (nSPS) is 19.2. The molecule has 1 saturated heterocycles. The van der Waals surface area contributed by atoms with Crippen molar-refractivity contribution in [3.63, 3.8) is 0 Å². The third-order valence-electron chi connectivity index (χ3n) is 5.01. The van der Waals surface area contributed by atoms with Gasteiger partial charge in [-0.1, -0.05) is 30.3 Å². The summed E-state index contributed by atoms with van der Waals surface area (Å²) >= 11 is 0. The van der Waals surface area contributed by atoms with Crippen molar-refractivity contribution < 1.29 is 17.9 Å². The molecule has 0 aromatic heterocycles. The van der Waals surface area contributed by atoms with Crippen molar-refractivity contribution in [2.75, 3.05) is 20.2 Å². The number of nitrogens with zero attached hydrogens (tertiary/aromatic N) is 1. The molecular formula is C21H25F3N2O. The van der Waals surface area contributed by atoms with Crippen LogP contribution in [0.2, 0.25) is 0 Å². The van der Waals surface area contributed by atoms with E-state index in [-0.39, 0.29) is 6.04 Å². The van der Waals surface area contributed by atoms with Crippen LogP contribution in [0.15, 0.2) is 48.5 Å². The van der Waals surface area contributed by atoms with E-state index in [4.69, 9.17) is 4.74 Å². The fourth-order valence-electron chi connectivity index (χ4n) is 3.58. The van der Waals surface area contributed by atoms with E-state index in [2.05, 4.69) is 23.2 Å². The van der Waals surface area contributed by atoms with E-state index in [1.54, 1.807) is 13.2 Å². The Kier molecular flexibility index (Phi) is 6.07. The molecule has 0 radical (unpaired) electrons. The lowest BCUT2D eigenvalue weighted by Gasteiger charge is -2.21. The number of hydrogen-bond donors (Lipinski definition) is 1. The average molecular weight is 378 g/mol. The molecule has 3 nitrogen and oxygen atoms in total. The largest absolute Gasteiger partial charge is 0.497 e. The first-order chi connectivity index (χ1) is 12.8. The zero-order valence-electron chi connectivity index (χ0n) is 15.6. The van der Waals surface area contributed by atoms with Gasteiger partial charge in [-0.15, -0.1) is 0 Å². The predicted octanol–water partition coefficient (Wildman–Crippen LogP) is 4.64. The van der Waals surface area contributed by atoms with Crippen LogP contribution in [0.25, 0.3) is 0 Å². The maximum atomic E-state index is 12.9. The third kappa shape index (κ3) is 5.23. The second-order valence-corrected chi connectivity index (χ2v) is 7.08. The number of methoxy groups -OCH3 is 1. The van der Waals surface area contributed by atoms with Crippen molar-refractivity contribution in [3.05, 3.63) is 65.2 Å². The molecule has 1 aliphatic rings. The monoisotopic (exact) mass is 378 g/mol. The van der Waals surface area contributed by atoms with E-state index in [0.29, 0.717) is 18.2 Å². The van der Waals surface area contributed by atoms with Crippen LogP contribution in [0.3, 0.4) is 0 Å². The Morgan fingerprint density at radius 1 is 1.19 bits per heavy atom. The Labute approximate surface area is 158 Å². The molecule has 27 heavy (non-hydrogen) atoms. The van der Waals surface area contributed by atoms with Crippen molar-refractivity contribution in [1.29, 1.82) is 0 Å². The van der Waals surface area contributed by atoms with Crippen molar-refractivity contribution in [2.24, 2.45) is 0 Å². The Morgan fingerprint density at radius 3 is 2.70 bits per heavy atom. The van der Waals surface area contributed by atoms with Gasteiger partial charge in [-0.2, -0.15) is 13.2 Å². The molecule has 146 valence electrons. The minimum Gasteiger partial charge on any atom is -0.497 e. The highest BCUT2D eigenvalue weighted by Gasteiger charge is 2.31. The van der Waals surface area contributed by atoms with Gasteiger partial charge in [0.15, 0.2) is 0 Å². The lowest BCUT2D eigenvalue weighted by Crippen LogP contribution is -2.34. The van der Waals surface area contributed by atoms with E-state index in [1.165, 1.54) is 12.1 Å². The highest BCUT2D eigenvalue weighted by atomic mass is 19.4. The Morgan fingerprint density at radius 2 is 1.96 bits per heavy atom. The molecule has 0 aliphatic carbocycles. The van der Waals surface area contributed by atoms with E-state index >= 15 is 0 Å². The van der Waals surface area contributed by atoms with Crippen LogP contribution in [-0.4, -0.2) is 31.1 Å². The second kappa shape index (κ2) is 8.31. The van der Waals surface area contributed by atoms with Crippen LogP contribution in [0.5, 0.6) is 5.75 Å². The maximum absolute atomic E-state index is 12.9. The van der Waals surface area contributed by atoms with Crippen LogP contribution in [0, 0.1) is 0 Å². The summed E-state index contributed by atoms with van der Waals surface area (Å²) in [5.41, 5.74) is 1.28. The molecule has 1 aliphatic heterocycles. The van der Waals surface area contributed by atoms with E-state index in [1.807, 2.05) is 18.2 Å².